The maximum Gasteiger partial charge on any atom is 2.00 e. The second-order valence-corrected chi connectivity index (χ2v) is 2.23. The van der Waals surface area contributed by atoms with E-state index in [4.69, 9.17) is 4.79 Å². The normalized spacial score (nSPS) is 6.36. The maximum absolute atomic E-state index is 9.88. The van der Waals surface area contributed by atoms with E-state index in [9.17, 15) is 4.79 Å². The van der Waals surface area contributed by atoms with Crippen LogP contribution < -0.4 is 5.73 Å². The molecule has 0 aromatic carbocycles. The van der Waals surface area contributed by atoms with Gasteiger partial charge in [0.25, 0.3) is 0 Å². The van der Waals surface area contributed by atoms with Crippen molar-refractivity contribution in [3.05, 3.63) is 0 Å². The van der Waals surface area contributed by atoms with Crippen LogP contribution in [0.4, 0.5) is 9.59 Å². The van der Waals surface area contributed by atoms with Gasteiger partial charge in [-0.15, -0.1) is 0 Å². The molecule has 0 saturated heterocycles. The van der Waals surface area contributed by atoms with E-state index in [1.807, 2.05) is 0 Å². The summed E-state index contributed by atoms with van der Waals surface area (Å²) in [7, 11) is 3.24. The zero-order valence-corrected chi connectivity index (χ0v) is 9.41. The van der Waals surface area contributed by atoms with Crippen LogP contribution in [-0.4, -0.2) is 52.5 Å². The molecule has 0 heterocycles. The predicted octanol–water partition coefficient (Wildman–Crippen LogP) is -0.554. The molecule has 0 aliphatic rings. The second-order valence-electron chi connectivity index (χ2n) is 1.48. The van der Waals surface area contributed by atoms with Crippen molar-refractivity contribution >= 4 is 58.8 Å². The number of rotatable bonds is 0. The summed E-state index contributed by atoms with van der Waals surface area (Å²) >= 11 is 7.95. The predicted molar refractivity (Wildman–Crippen MR) is 49.2 cm³/mol. The van der Waals surface area contributed by atoms with Crippen LogP contribution in [-0.2, 0) is 25.3 Å². The monoisotopic (exact) mass is 204 g/mol. The number of nitrogens with two attached hydrogens (primary N) is 1. The summed E-state index contributed by atoms with van der Waals surface area (Å²) in [5.41, 5.74) is 4.29. The molecule has 2 amide bonds. The Hall–Kier alpha value is 0.146. The molecule has 4 nitrogen and oxygen atoms in total. The van der Waals surface area contributed by atoms with Crippen LogP contribution in [0.2, 0.25) is 0 Å². The molecule has 0 aliphatic carbocycles. The van der Waals surface area contributed by atoms with Gasteiger partial charge in [0.05, 0.1) is 5.24 Å². The first kappa shape index (κ1) is 17.3. The van der Waals surface area contributed by atoms with Crippen molar-refractivity contribution in [3.63, 3.8) is 0 Å². The smallest absolute Gasteiger partial charge is 0.719 e. The molecule has 0 rings (SSSR count). The molecule has 0 fully saturated rings. The molecule has 7 heteroatoms. The van der Waals surface area contributed by atoms with Gasteiger partial charge in [-0.1, -0.05) is 0 Å². The molecule has 0 aromatic heterocycles. The third-order valence-corrected chi connectivity index (χ3v) is 0.730. The van der Waals surface area contributed by atoms with Crippen molar-refractivity contribution in [2.75, 3.05) is 14.1 Å². The first-order valence-electron chi connectivity index (χ1n) is 2.22. The summed E-state index contributed by atoms with van der Waals surface area (Å²) < 4.78 is 0. The molecule has 0 atom stereocenters. The molecule has 0 spiro atoms. The first-order valence-corrected chi connectivity index (χ1v) is 3.04. The van der Waals surface area contributed by atoms with Gasteiger partial charge in [-0.25, -0.2) is 0 Å². The van der Waals surface area contributed by atoms with Crippen LogP contribution >= 0.6 is 0 Å². The Balaban J connectivity index is -0.000000114. The molecule has 0 saturated carbocycles. The fraction of sp³-hybridized carbons (Fsp3) is 0.500. The van der Waals surface area contributed by atoms with Crippen molar-refractivity contribution in [1.29, 1.82) is 0 Å². The van der Waals surface area contributed by atoms with Gasteiger partial charge in [0.2, 0.25) is 0 Å². The van der Waals surface area contributed by atoms with E-state index in [0.29, 0.717) is 0 Å². The van der Waals surface area contributed by atoms with E-state index < -0.39 is 5.24 Å². The number of carbonyl (C=O) groups excluding carboxylic acids is 2. The van der Waals surface area contributed by atoms with Crippen LogP contribution in [0.25, 0.3) is 0 Å². The SMILES string of the molecule is CN(C)C(=O)[S-].NC(=O)[S-].[Mg+2]. The number of carbonyl (C=O) groups is 2. The van der Waals surface area contributed by atoms with Crippen LogP contribution in [0.1, 0.15) is 0 Å². The quantitative estimate of drug-likeness (QED) is 0.425. The molecule has 0 aromatic rings. The maximum atomic E-state index is 9.88. The van der Waals surface area contributed by atoms with Gasteiger partial charge in [-0.3, -0.25) is 0 Å². The summed E-state index contributed by atoms with van der Waals surface area (Å²) in [4.78, 5) is 20.3. The standard InChI is InChI=1S/C3H7NOS.CH3NOS.Mg/c1-4(2)3(5)6;2-1(3)4;/h1-2H3,(H,5,6);(H3,2,3,4);/q;;+2/p-2. The Morgan fingerprint density at radius 1 is 1.27 bits per heavy atom. The van der Waals surface area contributed by atoms with Gasteiger partial charge in [-0.05, 0) is 0 Å². The largest absolute Gasteiger partial charge is 2.00 e. The van der Waals surface area contributed by atoms with E-state index >= 15 is 0 Å². The van der Waals surface area contributed by atoms with E-state index in [2.05, 4.69) is 31.0 Å². The molecule has 0 unspecified atom stereocenters. The zero-order chi connectivity index (χ0) is 8.73. The Labute approximate surface area is 92.8 Å². The van der Waals surface area contributed by atoms with Crippen molar-refractivity contribution in [2.24, 2.45) is 5.73 Å². The minimum atomic E-state index is -0.750. The molecule has 0 aliphatic heterocycles. The van der Waals surface area contributed by atoms with Crippen molar-refractivity contribution in [2.45, 2.75) is 0 Å². The summed E-state index contributed by atoms with van der Waals surface area (Å²) in [5, 5.41) is -1.07. The molecule has 0 radical (unpaired) electrons. The number of hydrogen-bond donors (Lipinski definition) is 1. The molecule has 2 N–H and O–H groups in total. The van der Waals surface area contributed by atoms with E-state index in [1.165, 1.54) is 4.90 Å². The molecular formula is C4H8MgN2O2S2. The Morgan fingerprint density at radius 2 is 1.36 bits per heavy atom. The Kier molecular flexibility index (Phi) is 15.9. The third kappa shape index (κ3) is 39.2. The molecule has 0 bridgehead atoms. The van der Waals surface area contributed by atoms with Crippen molar-refractivity contribution in [1.82, 2.24) is 4.90 Å². The van der Waals surface area contributed by atoms with E-state index in [-0.39, 0.29) is 28.3 Å². The van der Waals surface area contributed by atoms with Gasteiger partial charge in [0.15, 0.2) is 0 Å². The average Bonchev–Trinajstić information content (AvgIpc) is 1.63. The second kappa shape index (κ2) is 10.1. The Bertz CT molecular complexity index is 127. The van der Waals surface area contributed by atoms with Gasteiger partial charge >= 0.3 is 23.1 Å². The molecule has 60 valence electrons. The Morgan fingerprint density at radius 3 is 1.36 bits per heavy atom. The fourth-order valence-electron chi connectivity index (χ4n) is 0. The third-order valence-electron chi connectivity index (χ3n) is 0.365. The molecule has 11 heavy (non-hydrogen) atoms. The number of nitrogens with zero attached hydrogens (tertiary/aromatic N) is 1. The number of primary amides is 1. The van der Waals surface area contributed by atoms with Crippen LogP contribution in [0.5, 0.6) is 0 Å². The van der Waals surface area contributed by atoms with Gasteiger partial charge in [-0.2, -0.15) is 0 Å². The van der Waals surface area contributed by atoms with Gasteiger partial charge < -0.3 is 45.5 Å². The summed E-state index contributed by atoms with van der Waals surface area (Å²) in [5.74, 6) is 0. The average molecular weight is 205 g/mol. The first-order chi connectivity index (χ1) is 4.37. The topological polar surface area (TPSA) is 63.4 Å². The fourth-order valence-corrected chi connectivity index (χ4v) is 0. The van der Waals surface area contributed by atoms with Crippen LogP contribution in [0, 0.1) is 0 Å². The minimum absolute atomic E-state index is 0. The van der Waals surface area contributed by atoms with E-state index in [0.717, 1.165) is 0 Å². The number of hydrogen-bond acceptors (Lipinski definition) is 4. The van der Waals surface area contributed by atoms with Crippen molar-refractivity contribution < 1.29 is 9.59 Å². The minimum Gasteiger partial charge on any atom is -0.719 e. The van der Waals surface area contributed by atoms with Crippen molar-refractivity contribution in [3.8, 4) is 0 Å². The van der Waals surface area contributed by atoms with Crippen LogP contribution in [0.15, 0.2) is 0 Å². The summed E-state index contributed by atoms with van der Waals surface area (Å²) in [6, 6.07) is 0. The zero-order valence-electron chi connectivity index (χ0n) is 6.36. The summed E-state index contributed by atoms with van der Waals surface area (Å²) in [6.07, 6.45) is 0. The van der Waals surface area contributed by atoms with Gasteiger partial charge in [0.1, 0.15) is 5.24 Å². The number of amides is 2. The molecular weight excluding hydrogens is 196 g/mol. The van der Waals surface area contributed by atoms with E-state index in [1.54, 1.807) is 14.1 Å². The van der Waals surface area contributed by atoms with Crippen LogP contribution in [0.3, 0.4) is 0 Å². The summed E-state index contributed by atoms with van der Waals surface area (Å²) in [6.45, 7) is 0. The van der Waals surface area contributed by atoms with Gasteiger partial charge in [0, 0.05) is 14.1 Å².